The summed E-state index contributed by atoms with van der Waals surface area (Å²) in [5.41, 5.74) is 2.74. The van der Waals surface area contributed by atoms with E-state index < -0.39 is 11.7 Å². The van der Waals surface area contributed by atoms with Gasteiger partial charge in [0.2, 0.25) is 0 Å². The van der Waals surface area contributed by atoms with E-state index in [9.17, 15) is 13.2 Å². The fourth-order valence-electron chi connectivity index (χ4n) is 2.91. The van der Waals surface area contributed by atoms with E-state index in [1.807, 2.05) is 19.9 Å². The molecule has 2 nitrogen and oxygen atoms in total. The number of thiocarbonyl (C=S) groups is 1. The third kappa shape index (κ3) is 5.59. The molecule has 2 aromatic rings. The molecule has 0 aliphatic heterocycles. The number of anilines is 1. The second-order valence-electron chi connectivity index (χ2n) is 6.87. The molecular formula is C20H22ClF3N2S. The zero-order chi connectivity index (χ0) is 20.4. The summed E-state index contributed by atoms with van der Waals surface area (Å²) in [5.74, 6) is 0.224. The van der Waals surface area contributed by atoms with Crippen molar-refractivity contribution in [2.45, 2.75) is 39.9 Å². The van der Waals surface area contributed by atoms with E-state index in [1.165, 1.54) is 17.7 Å². The molecule has 2 N–H and O–H groups in total. The van der Waals surface area contributed by atoms with Gasteiger partial charge in [-0.3, -0.25) is 0 Å². The summed E-state index contributed by atoms with van der Waals surface area (Å²) in [6.07, 6.45) is -4.52. The molecule has 146 valence electrons. The van der Waals surface area contributed by atoms with Gasteiger partial charge < -0.3 is 10.6 Å². The fourth-order valence-corrected chi connectivity index (χ4v) is 3.38. The average molecular weight is 415 g/mol. The van der Waals surface area contributed by atoms with Crippen LogP contribution in [0, 0.1) is 19.8 Å². The van der Waals surface area contributed by atoms with Gasteiger partial charge in [0.25, 0.3) is 0 Å². The van der Waals surface area contributed by atoms with Gasteiger partial charge in [-0.25, -0.2) is 0 Å². The summed E-state index contributed by atoms with van der Waals surface area (Å²) in [4.78, 5) is 0. The van der Waals surface area contributed by atoms with Crippen LogP contribution in [0.25, 0.3) is 0 Å². The lowest BCUT2D eigenvalue weighted by Gasteiger charge is -2.26. The van der Waals surface area contributed by atoms with E-state index in [0.717, 1.165) is 17.2 Å². The van der Waals surface area contributed by atoms with Crippen molar-refractivity contribution in [1.82, 2.24) is 5.32 Å². The number of rotatable bonds is 4. The number of nitrogens with one attached hydrogen (secondary N) is 2. The predicted molar refractivity (Wildman–Crippen MR) is 109 cm³/mol. The molecule has 0 aromatic heterocycles. The van der Waals surface area contributed by atoms with Crippen LogP contribution in [-0.2, 0) is 6.18 Å². The lowest BCUT2D eigenvalue weighted by molar-refractivity contribution is -0.137. The highest BCUT2D eigenvalue weighted by Gasteiger charge is 2.33. The first-order valence-electron chi connectivity index (χ1n) is 8.50. The van der Waals surface area contributed by atoms with Crippen molar-refractivity contribution in [3.63, 3.8) is 0 Å². The van der Waals surface area contributed by atoms with Crippen LogP contribution in [-0.4, -0.2) is 5.11 Å². The summed E-state index contributed by atoms with van der Waals surface area (Å²) in [5, 5.41) is 5.96. The van der Waals surface area contributed by atoms with E-state index in [4.69, 9.17) is 23.8 Å². The largest absolute Gasteiger partial charge is 0.417 e. The van der Waals surface area contributed by atoms with Crippen molar-refractivity contribution in [1.29, 1.82) is 0 Å². The Morgan fingerprint density at radius 1 is 1.07 bits per heavy atom. The van der Waals surface area contributed by atoms with E-state index in [2.05, 4.69) is 36.6 Å². The summed E-state index contributed by atoms with van der Waals surface area (Å²) < 4.78 is 39.1. The minimum absolute atomic E-state index is 0.0695. The van der Waals surface area contributed by atoms with Gasteiger partial charge in [0, 0.05) is 5.69 Å². The Hall–Kier alpha value is -1.79. The molecular weight excluding hydrogens is 393 g/mol. The van der Waals surface area contributed by atoms with Gasteiger partial charge in [-0.15, -0.1) is 0 Å². The lowest BCUT2D eigenvalue weighted by Crippen LogP contribution is -2.35. The van der Waals surface area contributed by atoms with Gasteiger partial charge in [-0.05, 0) is 61.3 Å². The maximum atomic E-state index is 13.0. The Kier molecular flexibility index (Phi) is 6.76. The van der Waals surface area contributed by atoms with Gasteiger partial charge in [-0.2, -0.15) is 13.2 Å². The van der Waals surface area contributed by atoms with Gasteiger partial charge in [-0.1, -0.05) is 49.2 Å². The first-order valence-corrected chi connectivity index (χ1v) is 9.29. The molecule has 0 saturated heterocycles. The summed E-state index contributed by atoms with van der Waals surface area (Å²) in [7, 11) is 0. The molecule has 0 aliphatic carbocycles. The Morgan fingerprint density at radius 3 is 2.30 bits per heavy atom. The molecule has 0 amide bonds. The molecule has 0 heterocycles. The Labute approximate surface area is 168 Å². The smallest absolute Gasteiger partial charge is 0.355 e. The number of aryl methyl sites for hydroxylation is 2. The molecule has 0 unspecified atom stereocenters. The monoisotopic (exact) mass is 414 g/mol. The second-order valence-corrected chi connectivity index (χ2v) is 7.69. The SMILES string of the molecule is Cc1ccc([C@H](NC(=S)Nc2ccc(Cl)c(C(F)(F)F)c2)C(C)C)c(C)c1. The first kappa shape index (κ1) is 21.5. The van der Waals surface area contributed by atoms with E-state index in [-0.39, 0.29) is 27.8 Å². The third-order valence-corrected chi connectivity index (χ3v) is 4.79. The maximum absolute atomic E-state index is 13.0. The van der Waals surface area contributed by atoms with Crippen molar-refractivity contribution in [3.8, 4) is 0 Å². The summed E-state index contributed by atoms with van der Waals surface area (Å²) in [6, 6.07) is 9.74. The molecule has 0 spiro atoms. The molecule has 0 saturated carbocycles. The predicted octanol–water partition coefficient (Wildman–Crippen LogP) is 6.66. The van der Waals surface area contributed by atoms with Crippen LogP contribution < -0.4 is 10.6 Å². The Balaban J connectivity index is 2.20. The zero-order valence-electron chi connectivity index (χ0n) is 15.5. The Morgan fingerprint density at radius 2 is 1.74 bits per heavy atom. The average Bonchev–Trinajstić information content (AvgIpc) is 2.54. The fraction of sp³-hybridized carbons (Fsp3) is 0.350. The minimum atomic E-state index is -4.52. The molecule has 0 fully saturated rings. The van der Waals surface area contributed by atoms with Crippen molar-refractivity contribution >= 4 is 34.6 Å². The van der Waals surface area contributed by atoms with Crippen LogP contribution >= 0.6 is 23.8 Å². The van der Waals surface area contributed by atoms with Crippen molar-refractivity contribution in [2.24, 2.45) is 5.92 Å². The number of hydrogen-bond donors (Lipinski definition) is 2. The van der Waals surface area contributed by atoms with Crippen molar-refractivity contribution < 1.29 is 13.2 Å². The molecule has 0 aliphatic rings. The number of halogens is 4. The van der Waals surface area contributed by atoms with Crippen LogP contribution in [0.2, 0.25) is 5.02 Å². The van der Waals surface area contributed by atoms with E-state index >= 15 is 0 Å². The Bertz CT molecular complexity index is 834. The number of alkyl halides is 3. The van der Waals surface area contributed by atoms with Crippen molar-refractivity contribution in [2.75, 3.05) is 5.32 Å². The highest BCUT2D eigenvalue weighted by molar-refractivity contribution is 7.80. The van der Waals surface area contributed by atoms with Gasteiger partial charge >= 0.3 is 6.18 Å². The molecule has 2 aromatic carbocycles. The molecule has 7 heteroatoms. The van der Waals surface area contributed by atoms with E-state index in [1.54, 1.807) is 0 Å². The number of hydrogen-bond acceptors (Lipinski definition) is 1. The minimum Gasteiger partial charge on any atom is -0.355 e. The van der Waals surface area contributed by atoms with Gasteiger partial charge in [0.15, 0.2) is 5.11 Å². The van der Waals surface area contributed by atoms with Crippen LogP contribution in [0.5, 0.6) is 0 Å². The molecule has 1 atom stereocenters. The summed E-state index contributed by atoms with van der Waals surface area (Å²) >= 11 is 11.0. The van der Waals surface area contributed by atoms with Gasteiger partial charge in [0.05, 0.1) is 16.6 Å². The van der Waals surface area contributed by atoms with Crippen LogP contribution in [0.4, 0.5) is 18.9 Å². The van der Waals surface area contributed by atoms with Crippen LogP contribution in [0.15, 0.2) is 36.4 Å². The van der Waals surface area contributed by atoms with Crippen molar-refractivity contribution in [3.05, 3.63) is 63.7 Å². The maximum Gasteiger partial charge on any atom is 0.417 e. The molecule has 2 rings (SSSR count). The normalized spacial score (nSPS) is 12.8. The first-order chi connectivity index (χ1) is 12.5. The summed E-state index contributed by atoms with van der Waals surface area (Å²) in [6.45, 7) is 8.18. The quantitative estimate of drug-likeness (QED) is 0.547. The molecule has 0 radical (unpaired) electrons. The highest BCUT2D eigenvalue weighted by Crippen LogP contribution is 2.36. The third-order valence-electron chi connectivity index (χ3n) is 4.24. The zero-order valence-corrected chi connectivity index (χ0v) is 17.1. The molecule has 0 bridgehead atoms. The van der Waals surface area contributed by atoms with E-state index in [0.29, 0.717) is 0 Å². The highest BCUT2D eigenvalue weighted by atomic mass is 35.5. The van der Waals surface area contributed by atoms with Crippen LogP contribution in [0.1, 0.15) is 42.1 Å². The number of benzene rings is 2. The molecule has 27 heavy (non-hydrogen) atoms. The second kappa shape index (κ2) is 8.48. The topological polar surface area (TPSA) is 24.1 Å². The lowest BCUT2D eigenvalue weighted by atomic mass is 9.92. The standard InChI is InChI=1S/C20H22ClF3N2S/c1-11(2)18(15-7-5-12(3)9-13(15)4)26-19(27)25-14-6-8-17(21)16(10-14)20(22,23)24/h5-11,18H,1-4H3,(H2,25,26,27)/t18-/m1/s1. The van der Waals surface area contributed by atoms with Gasteiger partial charge in [0.1, 0.15) is 0 Å². The van der Waals surface area contributed by atoms with Crippen LogP contribution in [0.3, 0.4) is 0 Å².